The molecule has 2 aromatic heterocycles. The molecular formula is C25H3F12N9. The van der Waals surface area contributed by atoms with E-state index in [0.717, 1.165) is 0 Å². The van der Waals surface area contributed by atoms with E-state index in [1.54, 1.807) is 0 Å². The number of rotatable bonds is 2. The van der Waals surface area contributed by atoms with Crippen molar-refractivity contribution >= 4 is 11.1 Å². The minimum atomic E-state index is -5.63. The fourth-order valence-corrected chi connectivity index (χ4v) is 3.65. The van der Waals surface area contributed by atoms with E-state index < -0.39 is 97.4 Å². The van der Waals surface area contributed by atoms with Crippen molar-refractivity contribution in [2.24, 2.45) is 0 Å². The van der Waals surface area contributed by atoms with Crippen LogP contribution in [0.25, 0.3) is 11.1 Å². The van der Waals surface area contributed by atoms with Gasteiger partial charge in [0.05, 0.1) is 45.3 Å². The minimum absolute atomic E-state index is 0.133. The normalized spacial score (nSPS) is 13.4. The smallest absolute Gasteiger partial charge is 0.224 e. The number of alkyl halides is 12. The second-order valence-electron chi connectivity index (χ2n) is 8.32. The van der Waals surface area contributed by atoms with Crippen LogP contribution in [-0.4, -0.2) is 19.9 Å². The Balaban J connectivity index is 2.69. The highest BCUT2D eigenvalue weighted by atomic mass is 19.4. The zero-order chi connectivity index (χ0) is 35.0. The molecule has 0 saturated heterocycles. The molecule has 2 heterocycles. The van der Waals surface area contributed by atoms with Gasteiger partial charge >= 0.3 is 24.7 Å². The number of hydrogen-bond donors (Lipinski definition) is 0. The zero-order valence-electron chi connectivity index (χ0n) is 21.3. The lowest BCUT2D eigenvalue weighted by molar-refractivity contribution is -0.154. The van der Waals surface area contributed by atoms with E-state index in [9.17, 15) is 79.0 Å². The fraction of sp³-hybridized carbons (Fsp3) is 0.160. The molecule has 0 radical (unpaired) electrons. The maximum absolute atomic E-state index is 13.4. The zero-order valence-corrected chi connectivity index (χ0v) is 21.3. The summed E-state index contributed by atoms with van der Waals surface area (Å²) in [4.78, 5) is 10.5. The van der Waals surface area contributed by atoms with Gasteiger partial charge in [-0.2, -0.15) is 79.0 Å². The minimum Gasteiger partial charge on any atom is -0.224 e. The van der Waals surface area contributed by atoms with Crippen molar-refractivity contribution in [3.63, 3.8) is 0 Å². The second-order valence-corrected chi connectivity index (χ2v) is 8.32. The fourth-order valence-electron chi connectivity index (χ4n) is 3.65. The lowest BCUT2D eigenvalue weighted by Gasteiger charge is -2.13. The van der Waals surface area contributed by atoms with Crippen molar-refractivity contribution in [3.05, 3.63) is 79.8 Å². The molecular weight excluding hydrogens is 654 g/mol. The van der Waals surface area contributed by atoms with E-state index in [0.29, 0.717) is 6.07 Å². The molecule has 0 aliphatic carbocycles. The summed E-state index contributed by atoms with van der Waals surface area (Å²) in [5.41, 5.74) is -13.3. The summed E-state index contributed by atoms with van der Waals surface area (Å²) in [5, 5.41) is 46.7. The Morgan fingerprint density at radius 1 is 0.500 bits per heavy atom. The summed E-state index contributed by atoms with van der Waals surface area (Å²) in [6, 6.07) is 6.29. The van der Waals surface area contributed by atoms with Gasteiger partial charge in [0, 0.05) is 10.4 Å². The Morgan fingerprint density at radius 2 is 0.913 bits per heavy atom. The van der Waals surface area contributed by atoms with Crippen LogP contribution in [0, 0.1) is 56.7 Å². The van der Waals surface area contributed by atoms with Gasteiger partial charge in [-0.25, -0.2) is 19.9 Å². The average molecular weight is 657 g/mol. The highest BCUT2D eigenvalue weighted by molar-refractivity contribution is 5.81. The van der Waals surface area contributed by atoms with Crippen LogP contribution in [-0.2, 0) is 24.7 Å². The molecule has 46 heavy (non-hydrogen) atoms. The Labute approximate surface area is 245 Å². The maximum Gasteiger partial charge on any atom is 0.451 e. The summed E-state index contributed by atoms with van der Waals surface area (Å²) in [5.74, 6) is -4.81. The molecule has 9 nitrogen and oxygen atoms in total. The predicted molar refractivity (Wildman–Crippen MR) is 120 cm³/mol. The Morgan fingerprint density at radius 3 is 1.24 bits per heavy atom. The summed E-state index contributed by atoms with van der Waals surface area (Å²) < 4.78 is 160. The number of nitrogens with zero attached hydrogens (tertiary/aromatic N) is 9. The molecule has 1 aromatic carbocycles. The number of hydrogen-bond acceptors (Lipinski definition) is 9. The maximum atomic E-state index is 13.4. The van der Waals surface area contributed by atoms with Crippen molar-refractivity contribution in [2.45, 2.75) is 24.7 Å². The first-order chi connectivity index (χ1) is 21.1. The van der Waals surface area contributed by atoms with Crippen LogP contribution in [0.5, 0.6) is 0 Å². The molecule has 0 aliphatic rings. The first kappa shape index (κ1) is 34.2. The van der Waals surface area contributed by atoms with Crippen LogP contribution in [0.1, 0.15) is 51.1 Å². The molecule has 0 amide bonds. The summed E-state index contributed by atoms with van der Waals surface area (Å²) >= 11 is 0. The van der Waals surface area contributed by atoms with Gasteiger partial charge in [0.25, 0.3) is 0 Å². The van der Waals surface area contributed by atoms with Gasteiger partial charge in [0.1, 0.15) is 35.7 Å². The van der Waals surface area contributed by atoms with Gasteiger partial charge in [-0.3, -0.25) is 0 Å². The van der Waals surface area contributed by atoms with Crippen LogP contribution in [0.3, 0.4) is 0 Å². The van der Waals surface area contributed by atoms with Crippen molar-refractivity contribution in [1.29, 1.82) is 26.3 Å². The molecule has 0 N–H and O–H groups in total. The lowest BCUT2D eigenvalue weighted by atomic mass is 9.93. The van der Waals surface area contributed by atoms with Crippen LogP contribution in [0.4, 0.5) is 52.7 Å². The molecule has 3 rings (SSSR count). The third-order valence-corrected chi connectivity index (χ3v) is 5.47. The summed E-state index contributed by atoms with van der Waals surface area (Å²) in [6.07, 6.45) is -22.4. The second kappa shape index (κ2) is 11.7. The number of benzene rings is 1. The van der Waals surface area contributed by atoms with Crippen LogP contribution in [0.2, 0.25) is 0 Å². The van der Waals surface area contributed by atoms with E-state index in [2.05, 4.69) is 19.9 Å². The van der Waals surface area contributed by atoms with E-state index in [-0.39, 0.29) is 12.1 Å². The Hall–Kier alpha value is -6.27. The molecule has 0 bridgehead atoms. The molecule has 232 valence electrons. The van der Waals surface area contributed by atoms with Gasteiger partial charge in [-0.1, -0.05) is 0 Å². The monoisotopic (exact) mass is 657 g/mol. The number of aromatic nitrogens is 4. The molecule has 0 saturated carbocycles. The Kier molecular flexibility index (Phi) is 8.68. The van der Waals surface area contributed by atoms with Gasteiger partial charge < -0.3 is 0 Å². The van der Waals surface area contributed by atoms with Gasteiger partial charge in [0.2, 0.25) is 11.6 Å². The molecule has 0 aliphatic heterocycles. The number of halogens is 12. The molecule has 0 unspecified atom stereocenters. The van der Waals surface area contributed by atoms with Crippen LogP contribution in [0.15, 0.2) is 18.2 Å². The molecule has 0 atom stereocenters. The number of nitriles is 5. The quantitative estimate of drug-likeness (QED) is 0.363. The first-order valence-electron chi connectivity index (χ1n) is 11.2. The van der Waals surface area contributed by atoms with E-state index in [1.165, 1.54) is 30.3 Å². The standard InChI is InChI=1S/C25H3F12N9/c26-22(27,28)17-2-15(43-20(45-17)24(32,33)34)12(6-40)10-1-9(4-38)19(13(7-41)11(10)5-39)14(8-42)16-3-18(23(29,30)31)46-21(44-16)25(35,36)37/h1-3H/b12-10+,19-14+. The summed E-state index contributed by atoms with van der Waals surface area (Å²) in [7, 11) is 0. The van der Waals surface area contributed by atoms with Gasteiger partial charge in [-0.15, -0.1) is 0 Å². The summed E-state index contributed by atoms with van der Waals surface area (Å²) in [6.45, 7) is 0. The highest BCUT2D eigenvalue weighted by Crippen LogP contribution is 2.34. The average Bonchev–Trinajstić information content (AvgIpc) is 2.95. The topological polar surface area (TPSA) is 171 Å². The van der Waals surface area contributed by atoms with Crippen molar-refractivity contribution < 1.29 is 52.7 Å². The van der Waals surface area contributed by atoms with Gasteiger partial charge in [0.15, 0.2) is 0 Å². The third kappa shape index (κ3) is 6.61. The SMILES string of the molecule is N#C/C(c1cc(C(F)(F)F)nc(C(F)(F)F)n1)=c1/cc(C#N)/c(=C(/C#N)c2cc(C(F)(F)F)nc(C(F)(F)F)n2)c(C#N)c1C#N. The highest BCUT2D eigenvalue weighted by Gasteiger charge is 2.42. The molecule has 21 heteroatoms. The first-order valence-corrected chi connectivity index (χ1v) is 11.2. The van der Waals surface area contributed by atoms with Crippen molar-refractivity contribution in [1.82, 2.24) is 19.9 Å². The van der Waals surface area contributed by atoms with Crippen LogP contribution >= 0.6 is 0 Å². The van der Waals surface area contributed by atoms with E-state index in [4.69, 9.17) is 0 Å². The predicted octanol–water partition coefficient (Wildman–Crippen LogP) is 4.40. The van der Waals surface area contributed by atoms with Crippen LogP contribution < -0.4 is 10.4 Å². The largest absolute Gasteiger partial charge is 0.451 e. The van der Waals surface area contributed by atoms with E-state index >= 15 is 0 Å². The Bertz CT molecular complexity index is 2040. The molecule has 0 fully saturated rings. The van der Waals surface area contributed by atoms with E-state index in [1.807, 2.05) is 0 Å². The lowest BCUT2D eigenvalue weighted by Crippen LogP contribution is -2.27. The third-order valence-electron chi connectivity index (χ3n) is 5.47. The molecule has 0 spiro atoms. The van der Waals surface area contributed by atoms with Crippen molar-refractivity contribution in [3.8, 4) is 30.3 Å². The van der Waals surface area contributed by atoms with Crippen molar-refractivity contribution in [2.75, 3.05) is 0 Å². The van der Waals surface area contributed by atoms with Gasteiger partial charge in [-0.05, 0) is 18.2 Å². The molecule has 3 aromatic rings.